The van der Waals surface area contributed by atoms with Crippen LogP contribution in [0.4, 0.5) is 0 Å². The molecular formula is C10H21AlO5. The first-order valence-electron chi connectivity index (χ1n) is 4.87. The average Bonchev–Trinajstić information content (AvgIpc) is 2.26. The molecule has 6 heteroatoms. The van der Waals surface area contributed by atoms with Crippen LogP contribution < -0.4 is 0 Å². The van der Waals surface area contributed by atoms with E-state index in [0.29, 0.717) is 12.9 Å². The van der Waals surface area contributed by atoms with E-state index >= 15 is 0 Å². The fourth-order valence-electron chi connectivity index (χ4n) is 1.01. The van der Waals surface area contributed by atoms with Gasteiger partial charge in [0.05, 0.1) is 0 Å². The highest BCUT2D eigenvalue weighted by atomic mass is 27.0. The monoisotopic (exact) mass is 248 g/mol. The molecule has 0 amide bonds. The van der Waals surface area contributed by atoms with Crippen molar-refractivity contribution in [2.75, 3.05) is 20.8 Å². The first-order chi connectivity index (χ1) is 7.21. The first kappa shape index (κ1) is 18.1. The van der Waals surface area contributed by atoms with Crippen LogP contribution in [0.1, 0.15) is 19.8 Å². The van der Waals surface area contributed by atoms with Crippen LogP contribution in [0.3, 0.4) is 0 Å². The molecule has 0 heterocycles. The summed E-state index contributed by atoms with van der Waals surface area (Å²) in [6.07, 6.45) is 0.0755. The van der Waals surface area contributed by atoms with Gasteiger partial charge in [0, 0.05) is 20.8 Å². The van der Waals surface area contributed by atoms with E-state index in [1.165, 1.54) is 14.2 Å². The van der Waals surface area contributed by atoms with Crippen LogP contribution in [0.15, 0.2) is 0 Å². The molecule has 0 bridgehead atoms. The Morgan fingerprint density at radius 1 is 1.31 bits per heavy atom. The van der Waals surface area contributed by atoms with Crippen LogP contribution in [0.2, 0.25) is 0 Å². The average molecular weight is 248 g/mol. The maximum Gasteiger partial charge on any atom is 0.224 e. The van der Waals surface area contributed by atoms with E-state index in [1.54, 1.807) is 0 Å². The van der Waals surface area contributed by atoms with Crippen molar-refractivity contribution in [1.82, 2.24) is 0 Å². The Hall–Kier alpha value is -0.248. The molecule has 0 aliphatic carbocycles. The summed E-state index contributed by atoms with van der Waals surface area (Å²) in [5.41, 5.74) is 0. The van der Waals surface area contributed by atoms with Crippen LogP contribution in [0.25, 0.3) is 0 Å². The zero-order valence-corrected chi connectivity index (χ0v) is 9.39. The molecule has 0 radical (unpaired) electrons. The van der Waals surface area contributed by atoms with Gasteiger partial charge in [0.2, 0.25) is 12.1 Å². The Bertz CT molecular complexity index is 194. The lowest BCUT2D eigenvalue weighted by Crippen LogP contribution is -2.37. The van der Waals surface area contributed by atoms with Crippen molar-refractivity contribution in [1.29, 1.82) is 0 Å². The van der Waals surface area contributed by atoms with E-state index in [-0.39, 0.29) is 17.4 Å². The quantitative estimate of drug-likeness (QED) is 0.179. The Balaban J connectivity index is 0. The van der Waals surface area contributed by atoms with E-state index in [0.717, 1.165) is 12.8 Å². The molecule has 0 aliphatic heterocycles. The van der Waals surface area contributed by atoms with Crippen molar-refractivity contribution in [3.8, 4) is 0 Å². The number of unbranched alkanes of at least 4 members (excludes halogenated alkanes) is 1. The second kappa shape index (κ2) is 11.2. The number of Topliss-reactive ketones (excluding diaryl/α,β-unsaturated/α-hetero) is 1. The topological polar surface area (TPSA) is 61.8 Å². The molecule has 0 saturated carbocycles. The van der Waals surface area contributed by atoms with Crippen LogP contribution in [-0.2, 0) is 23.8 Å². The van der Waals surface area contributed by atoms with Crippen molar-refractivity contribution in [3.63, 3.8) is 0 Å². The summed E-state index contributed by atoms with van der Waals surface area (Å²) in [7, 11) is 2.67. The zero-order chi connectivity index (χ0) is 11.7. The standard InChI is InChI=1S/C10H18O5.Al.3H/c1-4-5-6-15-8(7-11)9(12)10(13-2)14-3;;;;/h7-8,10H,4-6H2,1-3H3;;;;. The summed E-state index contributed by atoms with van der Waals surface area (Å²) in [5.74, 6) is -0.508. The molecule has 0 saturated heterocycles. The van der Waals surface area contributed by atoms with Gasteiger partial charge < -0.3 is 14.2 Å². The molecule has 16 heavy (non-hydrogen) atoms. The van der Waals surface area contributed by atoms with Crippen molar-refractivity contribution >= 4 is 29.4 Å². The summed E-state index contributed by atoms with van der Waals surface area (Å²) in [6, 6.07) is 0. The predicted octanol–water partition coefficient (Wildman–Crippen LogP) is -0.625. The second-order valence-corrected chi connectivity index (χ2v) is 2.99. The Labute approximate surface area is 107 Å². The van der Waals surface area contributed by atoms with Gasteiger partial charge in [-0.05, 0) is 6.42 Å². The molecular weight excluding hydrogens is 227 g/mol. The number of carbonyl (C=O) groups excluding carboxylic acids is 2. The molecule has 0 fully saturated rings. The largest absolute Gasteiger partial charge is 0.363 e. The molecule has 0 aromatic rings. The third-order valence-electron chi connectivity index (χ3n) is 1.86. The van der Waals surface area contributed by atoms with Crippen molar-refractivity contribution in [3.05, 3.63) is 0 Å². The number of hydrogen-bond acceptors (Lipinski definition) is 5. The smallest absolute Gasteiger partial charge is 0.224 e. The van der Waals surface area contributed by atoms with Gasteiger partial charge in [-0.25, -0.2) is 0 Å². The summed E-state index contributed by atoms with van der Waals surface area (Å²) in [5, 5.41) is 0. The van der Waals surface area contributed by atoms with Crippen molar-refractivity contribution in [2.45, 2.75) is 32.2 Å². The molecule has 94 valence electrons. The normalized spacial score (nSPS) is 12.0. The minimum atomic E-state index is -1.10. The highest BCUT2D eigenvalue weighted by molar-refractivity contribution is 5.98. The fourth-order valence-corrected chi connectivity index (χ4v) is 1.01. The highest BCUT2D eigenvalue weighted by Gasteiger charge is 2.27. The summed E-state index contributed by atoms with van der Waals surface area (Å²) in [6.45, 7) is 2.38. The lowest BCUT2D eigenvalue weighted by molar-refractivity contribution is -0.168. The van der Waals surface area contributed by atoms with E-state index in [2.05, 4.69) is 0 Å². The first-order valence-corrected chi connectivity index (χ1v) is 4.87. The van der Waals surface area contributed by atoms with E-state index in [4.69, 9.17) is 14.2 Å². The van der Waals surface area contributed by atoms with Gasteiger partial charge in [0.1, 0.15) is 0 Å². The van der Waals surface area contributed by atoms with E-state index in [1.807, 2.05) is 6.92 Å². The molecule has 0 aliphatic rings. The fraction of sp³-hybridized carbons (Fsp3) is 0.800. The zero-order valence-electron chi connectivity index (χ0n) is 9.39. The van der Waals surface area contributed by atoms with E-state index in [9.17, 15) is 9.59 Å². The number of hydrogen-bond donors (Lipinski definition) is 0. The SMILES string of the molecule is CCCCOC(C=O)C(=O)C(OC)OC.[AlH3]. The Morgan fingerprint density at radius 3 is 2.25 bits per heavy atom. The maximum atomic E-state index is 11.5. The molecule has 0 spiro atoms. The minimum Gasteiger partial charge on any atom is -0.363 e. The molecule has 0 aromatic carbocycles. The van der Waals surface area contributed by atoms with Crippen molar-refractivity contribution < 1.29 is 23.8 Å². The predicted molar refractivity (Wildman–Crippen MR) is 63.5 cm³/mol. The molecule has 0 rings (SSSR count). The number of aldehydes is 1. The van der Waals surface area contributed by atoms with Gasteiger partial charge in [0.15, 0.2) is 29.8 Å². The second-order valence-electron chi connectivity index (χ2n) is 2.99. The maximum absolute atomic E-state index is 11.5. The lowest BCUT2D eigenvalue weighted by Gasteiger charge is -2.16. The molecule has 1 unspecified atom stereocenters. The van der Waals surface area contributed by atoms with E-state index < -0.39 is 18.2 Å². The van der Waals surface area contributed by atoms with Crippen LogP contribution in [0.5, 0.6) is 0 Å². The number of ether oxygens (including phenoxy) is 3. The minimum absolute atomic E-state index is 0. The molecule has 0 N–H and O–H groups in total. The third kappa shape index (κ3) is 6.36. The van der Waals surface area contributed by atoms with Gasteiger partial charge in [-0.1, -0.05) is 13.3 Å². The summed E-state index contributed by atoms with van der Waals surface area (Å²) < 4.78 is 14.6. The summed E-state index contributed by atoms with van der Waals surface area (Å²) in [4.78, 5) is 22.1. The summed E-state index contributed by atoms with van der Waals surface area (Å²) >= 11 is 0. The molecule has 5 nitrogen and oxygen atoms in total. The number of carbonyl (C=O) groups is 2. The van der Waals surface area contributed by atoms with Crippen LogP contribution >= 0.6 is 0 Å². The van der Waals surface area contributed by atoms with Crippen molar-refractivity contribution in [2.24, 2.45) is 0 Å². The molecule has 0 aromatic heterocycles. The highest BCUT2D eigenvalue weighted by Crippen LogP contribution is 2.02. The lowest BCUT2D eigenvalue weighted by atomic mass is 10.2. The Morgan fingerprint density at radius 2 is 1.88 bits per heavy atom. The number of ketones is 1. The van der Waals surface area contributed by atoms with Gasteiger partial charge >= 0.3 is 0 Å². The van der Waals surface area contributed by atoms with Gasteiger partial charge in [-0.2, -0.15) is 0 Å². The van der Waals surface area contributed by atoms with Gasteiger partial charge in [0.25, 0.3) is 0 Å². The van der Waals surface area contributed by atoms with Gasteiger partial charge in [-0.15, -0.1) is 0 Å². The van der Waals surface area contributed by atoms with Gasteiger partial charge in [-0.3, -0.25) is 9.59 Å². The van der Waals surface area contributed by atoms with Crippen LogP contribution in [-0.4, -0.2) is 62.7 Å². The number of methoxy groups -OCH3 is 2. The Kier molecular flexibility index (Phi) is 12.7. The number of rotatable bonds is 9. The van der Waals surface area contributed by atoms with Crippen LogP contribution in [0, 0.1) is 0 Å². The molecule has 1 atom stereocenters. The third-order valence-corrected chi connectivity index (χ3v) is 1.86.